The number of anilines is 2. The van der Waals surface area contributed by atoms with Gasteiger partial charge in [-0.05, 0) is 44.5 Å². The fourth-order valence-electron chi connectivity index (χ4n) is 3.83. The number of ketones is 1. The fraction of sp³-hybridized carbons (Fsp3) is 0.591. The van der Waals surface area contributed by atoms with Crippen molar-refractivity contribution in [2.75, 3.05) is 62.3 Å². The topological polar surface area (TPSA) is 94.2 Å². The molecule has 182 valence electrons. The number of nitrogens with zero attached hydrogens (tertiary/aromatic N) is 3. The molecule has 33 heavy (non-hydrogen) atoms. The number of ether oxygens (including phenoxy) is 1. The molecule has 9 nitrogen and oxygen atoms in total. The molecule has 0 aromatic heterocycles. The summed E-state index contributed by atoms with van der Waals surface area (Å²) in [7, 11) is 0. The van der Waals surface area contributed by atoms with Gasteiger partial charge in [0.1, 0.15) is 17.7 Å². The highest BCUT2D eigenvalue weighted by atomic mass is 19.1. The van der Waals surface area contributed by atoms with E-state index in [-0.39, 0.29) is 24.8 Å². The number of hydrogen-bond acceptors (Lipinski definition) is 7. The van der Waals surface area contributed by atoms with Crippen molar-refractivity contribution in [3.8, 4) is 0 Å². The Hall–Kier alpha value is -2.79. The summed E-state index contributed by atoms with van der Waals surface area (Å²) in [6, 6.07) is 4.60. The van der Waals surface area contributed by atoms with E-state index in [0.29, 0.717) is 63.4 Å². The Labute approximate surface area is 192 Å². The van der Waals surface area contributed by atoms with Crippen LogP contribution in [0.4, 0.5) is 25.0 Å². The minimum Gasteiger partial charge on any atom is -0.444 e. The number of alkyl halides is 1. The number of halogens is 2. The van der Waals surface area contributed by atoms with Gasteiger partial charge >= 0.3 is 6.09 Å². The molecule has 1 atom stereocenters. The van der Waals surface area contributed by atoms with E-state index in [0.717, 1.165) is 0 Å². The lowest BCUT2D eigenvalue weighted by Crippen LogP contribution is -2.47. The average molecular weight is 468 g/mol. The van der Waals surface area contributed by atoms with Crippen LogP contribution in [0.3, 0.4) is 0 Å². The second-order valence-electron chi connectivity index (χ2n) is 8.15. The first kappa shape index (κ1) is 24.8. The number of amides is 2. The molecule has 0 radical (unpaired) electrons. The maximum absolute atomic E-state index is 15.0. The van der Waals surface area contributed by atoms with E-state index in [1.54, 1.807) is 12.1 Å². The monoisotopic (exact) mass is 467 g/mol. The van der Waals surface area contributed by atoms with Crippen molar-refractivity contribution in [2.45, 2.75) is 32.3 Å². The number of carbonyl (C=O) groups excluding carboxylic acids is 3. The molecule has 0 spiro atoms. The Kier molecular flexibility index (Phi) is 8.95. The van der Waals surface area contributed by atoms with Crippen LogP contribution in [-0.4, -0.2) is 81.4 Å². The molecule has 0 bridgehead atoms. The molecule has 3 rings (SSSR count). The first-order chi connectivity index (χ1) is 15.9. The Morgan fingerprint density at radius 3 is 2.82 bits per heavy atom. The van der Waals surface area contributed by atoms with Gasteiger partial charge in [-0.3, -0.25) is 19.1 Å². The van der Waals surface area contributed by atoms with Crippen LogP contribution in [0.5, 0.6) is 0 Å². The molecule has 1 aromatic rings. The SMILES string of the molecule is CC(=O)CC[C@H]1CN(c2ccc(N3CCNN(C(=O)CNCCCF)CC3)c(F)c2)C(=O)O1. The third kappa shape index (κ3) is 6.84. The normalized spacial score (nSPS) is 18.9. The van der Waals surface area contributed by atoms with Crippen LogP contribution in [0, 0.1) is 5.82 Å². The second-order valence-corrected chi connectivity index (χ2v) is 8.15. The fourth-order valence-corrected chi connectivity index (χ4v) is 3.83. The highest BCUT2D eigenvalue weighted by molar-refractivity contribution is 5.90. The van der Waals surface area contributed by atoms with Gasteiger partial charge in [-0.15, -0.1) is 0 Å². The van der Waals surface area contributed by atoms with Crippen molar-refractivity contribution in [3.63, 3.8) is 0 Å². The van der Waals surface area contributed by atoms with Crippen LogP contribution >= 0.6 is 0 Å². The van der Waals surface area contributed by atoms with Crippen molar-refractivity contribution >= 4 is 29.2 Å². The summed E-state index contributed by atoms with van der Waals surface area (Å²) in [4.78, 5) is 38.9. The first-order valence-corrected chi connectivity index (χ1v) is 11.2. The Morgan fingerprint density at radius 1 is 1.27 bits per heavy atom. The van der Waals surface area contributed by atoms with Crippen molar-refractivity contribution < 1.29 is 27.9 Å². The lowest BCUT2D eigenvalue weighted by atomic mass is 10.1. The number of hydrogen-bond donors (Lipinski definition) is 2. The van der Waals surface area contributed by atoms with Gasteiger partial charge in [0.15, 0.2) is 0 Å². The summed E-state index contributed by atoms with van der Waals surface area (Å²) in [5.74, 6) is -0.598. The standard InChI is InChI=1S/C22H31F2N5O4/c1-16(30)3-5-18-15-28(22(32)33-18)17-4-6-20(19(24)13-17)27-10-9-26-29(12-11-27)21(31)14-25-8-2-7-23/h4,6,13,18,25-26H,2-3,5,7-12,14-15H2,1H3/t18-/m0/s1. The molecule has 11 heteroatoms. The summed E-state index contributed by atoms with van der Waals surface area (Å²) < 4.78 is 32.4. The quantitative estimate of drug-likeness (QED) is 0.505. The van der Waals surface area contributed by atoms with Crippen LogP contribution in [0.1, 0.15) is 26.2 Å². The number of Topliss-reactive ketones (excluding diaryl/α,β-unsaturated/α-hetero) is 1. The van der Waals surface area contributed by atoms with E-state index < -0.39 is 24.7 Å². The van der Waals surface area contributed by atoms with Gasteiger partial charge in [0, 0.05) is 26.1 Å². The number of cyclic esters (lactones) is 1. The molecule has 0 saturated carbocycles. The lowest BCUT2D eigenvalue weighted by Gasteiger charge is -2.24. The van der Waals surface area contributed by atoms with E-state index in [4.69, 9.17) is 4.74 Å². The van der Waals surface area contributed by atoms with Gasteiger partial charge in [0.2, 0.25) is 0 Å². The molecule has 2 amide bonds. The van der Waals surface area contributed by atoms with Crippen molar-refractivity contribution in [3.05, 3.63) is 24.0 Å². The summed E-state index contributed by atoms with van der Waals surface area (Å²) in [6.07, 6.45) is 0.187. The molecule has 2 saturated heterocycles. The van der Waals surface area contributed by atoms with Gasteiger partial charge in [0.25, 0.3) is 5.91 Å². The van der Waals surface area contributed by atoms with E-state index in [2.05, 4.69) is 10.7 Å². The molecule has 2 aliphatic rings. The van der Waals surface area contributed by atoms with E-state index in [1.165, 1.54) is 22.9 Å². The van der Waals surface area contributed by atoms with E-state index in [9.17, 15) is 23.2 Å². The zero-order chi connectivity index (χ0) is 23.8. The zero-order valence-corrected chi connectivity index (χ0v) is 18.8. The third-order valence-electron chi connectivity index (χ3n) is 5.62. The third-order valence-corrected chi connectivity index (χ3v) is 5.62. The smallest absolute Gasteiger partial charge is 0.414 e. The van der Waals surface area contributed by atoms with Crippen molar-refractivity contribution in [1.29, 1.82) is 0 Å². The summed E-state index contributed by atoms with van der Waals surface area (Å²) in [5, 5.41) is 4.40. The summed E-state index contributed by atoms with van der Waals surface area (Å²) >= 11 is 0. The van der Waals surface area contributed by atoms with Gasteiger partial charge in [-0.1, -0.05) is 0 Å². The highest BCUT2D eigenvalue weighted by Crippen LogP contribution is 2.29. The first-order valence-electron chi connectivity index (χ1n) is 11.2. The number of carbonyl (C=O) groups is 3. The van der Waals surface area contributed by atoms with Crippen LogP contribution in [-0.2, 0) is 14.3 Å². The largest absolute Gasteiger partial charge is 0.444 e. The van der Waals surface area contributed by atoms with Crippen molar-refractivity contribution in [2.24, 2.45) is 0 Å². The number of nitrogens with one attached hydrogen (secondary N) is 2. The molecular formula is C22H31F2N5O4. The van der Waals surface area contributed by atoms with E-state index >= 15 is 0 Å². The predicted octanol–water partition coefficient (Wildman–Crippen LogP) is 1.62. The van der Waals surface area contributed by atoms with E-state index in [1.807, 2.05) is 4.90 Å². The van der Waals surface area contributed by atoms with Crippen molar-refractivity contribution in [1.82, 2.24) is 15.8 Å². The minimum absolute atomic E-state index is 0.0279. The lowest BCUT2D eigenvalue weighted by molar-refractivity contribution is -0.133. The van der Waals surface area contributed by atoms with Gasteiger partial charge in [-0.25, -0.2) is 14.6 Å². The molecule has 1 aromatic carbocycles. The van der Waals surface area contributed by atoms with Gasteiger partial charge in [-0.2, -0.15) is 0 Å². The molecular weight excluding hydrogens is 436 g/mol. The minimum atomic E-state index is -0.552. The zero-order valence-electron chi connectivity index (χ0n) is 18.8. The van der Waals surface area contributed by atoms with Crippen LogP contribution in [0.2, 0.25) is 0 Å². The second kappa shape index (κ2) is 11.9. The Bertz CT molecular complexity index is 856. The Morgan fingerprint density at radius 2 is 2.09 bits per heavy atom. The maximum Gasteiger partial charge on any atom is 0.414 e. The summed E-state index contributed by atoms with van der Waals surface area (Å²) in [5.41, 5.74) is 3.82. The maximum atomic E-state index is 15.0. The number of rotatable bonds is 10. The Balaban J connectivity index is 1.57. The predicted molar refractivity (Wildman–Crippen MR) is 119 cm³/mol. The van der Waals surface area contributed by atoms with Crippen LogP contribution in [0.25, 0.3) is 0 Å². The molecule has 0 unspecified atom stereocenters. The molecule has 2 fully saturated rings. The highest BCUT2D eigenvalue weighted by Gasteiger charge is 2.33. The van der Waals surface area contributed by atoms with Crippen LogP contribution < -0.4 is 20.5 Å². The average Bonchev–Trinajstić information content (AvgIpc) is 2.99. The number of hydrazine groups is 1. The molecule has 2 N–H and O–H groups in total. The van der Waals surface area contributed by atoms with Gasteiger partial charge in [0.05, 0.1) is 37.7 Å². The number of benzene rings is 1. The molecule has 2 aliphatic heterocycles. The summed E-state index contributed by atoms with van der Waals surface area (Å²) in [6.45, 7) is 3.61. The molecule has 2 heterocycles. The van der Waals surface area contributed by atoms with Gasteiger partial charge < -0.3 is 19.7 Å². The van der Waals surface area contributed by atoms with Crippen LogP contribution in [0.15, 0.2) is 18.2 Å². The molecule has 0 aliphatic carbocycles.